The highest BCUT2D eigenvalue weighted by atomic mass is 16.6. The summed E-state index contributed by atoms with van der Waals surface area (Å²) in [6, 6.07) is 8.47. The number of benzene rings is 1. The van der Waals surface area contributed by atoms with Gasteiger partial charge in [0.2, 0.25) is 0 Å². The predicted molar refractivity (Wildman–Crippen MR) is 127 cm³/mol. The van der Waals surface area contributed by atoms with Crippen LogP contribution in [0.25, 0.3) is 0 Å². The number of fused-ring (bicyclic) bond motifs is 1. The number of ether oxygens (including phenoxy) is 2. The molecule has 0 bridgehead atoms. The Hall–Kier alpha value is -3.38. The van der Waals surface area contributed by atoms with Gasteiger partial charge in [0.15, 0.2) is 5.82 Å². The van der Waals surface area contributed by atoms with Crippen molar-refractivity contribution >= 4 is 5.82 Å². The molecule has 12 nitrogen and oxygen atoms in total. The lowest BCUT2D eigenvalue weighted by molar-refractivity contribution is -0.389. The highest BCUT2D eigenvalue weighted by molar-refractivity contribution is 5.29. The molecule has 0 N–H and O–H groups in total. The van der Waals surface area contributed by atoms with Crippen LogP contribution in [0, 0.1) is 10.1 Å². The number of rotatable bonds is 9. The molecule has 1 aliphatic rings. The van der Waals surface area contributed by atoms with Gasteiger partial charge < -0.3 is 19.6 Å². The van der Waals surface area contributed by atoms with Crippen molar-refractivity contribution < 1.29 is 14.4 Å². The van der Waals surface area contributed by atoms with E-state index in [0.29, 0.717) is 19.8 Å². The summed E-state index contributed by atoms with van der Waals surface area (Å²) >= 11 is 0. The Morgan fingerprint density at radius 2 is 1.97 bits per heavy atom. The zero-order valence-electron chi connectivity index (χ0n) is 20.8. The fourth-order valence-corrected chi connectivity index (χ4v) is 4.22. The molecule has 2 unspecified atom stereocenters. The minimum absolute atomic E-state index is 0.0728. The zero-order chi connectivity index (χ0) is 25.2. The molecule has 0 aliphatic carbocycles. The van der Waals surface area contributed by atoms with Crippen molar-refractivity contribution in [1.82, 2.24) is 34.7 Å². The van der Waals surface area contributed by atoms with Gasteiger partial charge in [-0.2, -0.15) is 0 Å². The molecule has 0 radical (unpaired) electrons. The Morgan fingerprint density at radius 3 is 2.60 bits per heavy atom. The first-order chi connectivity index (χ1) is 16.7. The molecule has 3 heterocycles. The topological polar surface area (TPSA) is 126 Å². The first-order valence-corrected chi connectivity index (χ1v) is 11.8. The van der Waals surface area contributed by atoms with Crippen molar-refractivity contribution in [2.24, 2.45) is 0 Å². The summed E-state index contributed by atoms with van der Waals surface area (Å²) in [5.74, 6) is 0.589. The van der Waals surface area contributed by atoms with E-state index >= 15 is 0 Å². The van der Waals surface area contributed by atoms with E-state index in [1.54, 1.807) is 4.57 Å². The number of aromatic nitrogens is 6. The Bertz CT molecular complexity index is 1150. The van der Waals surface area contributed by atoms with Crippen LogP contribution in [0.2, 0.25) is 0 Å². The molecule has 12 heteroatoms. The largest absolute Gasteiger partial charge is 0.443 e. The molecule has 2 atom stereocenters. The Morgan fingerprint density at radius 1 is 1.26 bits per heavy atom. The Kier molecular flexibility index (Phi) is 7.13. The van der Waals surface area contributed by atoms with Crippen LogP contribution in [0.3, 0.4) is 0 Å². The summed E-state index contributed by atoms with van der Waals surface area (Å²) in [5.41, 5.74) is 1.88. The molecular weight excluding hydrogens is 452 g/mol. The molecule has 0 spiro atoms. The predicted octanol–water partition coefficient (Wildman–Crippen LogP) is 2.94. The maximum absolute atomic E-state index is 10.9. The third-order valence-corrected chi connectivity index (χ3v) is 6.05. The van der Waals surface area contributed by atoms with Crippen LogP contribution < -0.4 is 4.74 Å². The summed E-state index contributed by atoms with van der Waals surface area (Å²) < 4.78 is 15.1. The average Bonchev–Trinajstić information content (AvgIpc) is 3.48. The van der Waals surface area contributed by atoms with Gasteiger partial charge in [0, 0.05) is 4.98 Å². The second-order valence-corrected chi connectivity index (χ2v) is 9.52. The van der Waals surface area contributed by atoms with E-state index < -0.39 is 4.92 Å². The van der Waals surface area contributed by atoms with Gasteiger partial charge in [-0.25, -0.2) is 4.68 Å². The third kappa shape index (κ3) is 5.33. The molecule has 1 aliphatic heterocycles. The van der Waals surface area contributed by atoms with Crippen molar-refractivity contribution in [2.45, 2.75) is 65.5 Å². The van der Waals surface area contributed by atoms with Crippen molar-refractivity contribution in [3.63, 3.8) is 0 Å². The highest BCUT2D eigenvalue weighted by Gasteiger charge is 2.31. The smallest absolute Gasteiger partial charge is 0.414 e. The number of nitro groups is 1. The lowest BCUT2D eigenvalue weighted by Gasteiger charge is -2.31. The van der Waals surface area contributed by atoms with E-state index in [4.69, 9.17) is 9.47 Å². The third-order valence-electron chi connectivity index (χ3n) is 6.05. The molecule has 2 aromatic heterocycles. The maximum Gasteiger partial charge on any atom is 0.414 e. The summed E-state index contributed by atoms with van der Waals surface area (Å²) in [4.78, 5) is 16.6. The Labute approximate surface area is 204 Å². The number of hydrogen-bond donors (Lipinski definition) is 0. The summed E-state index contributed by atoms with van der Waals surface area (Å²) in [5, 5.41) is 23.6. The minimum Gasteiger partial charge on any atom is -0.443 e. The molecule has 3 aromatic rings. The Balaban J connectivity index is 1.47. The van der Waals surface area contributed by atoms with Gasteiger partial charge in [0.05, 0.1) is 24.7 Å². The van der Waals surface area contributed by atoms with E-state index in [2.05, 4.69) is 72.2 Å². The molecule has 4 rings (SSSR count). The second-order valence-electron chi connectivity index (χ2n) is 9.52. The van der Waals surface area contributed by atoms with Gasteiger partial charge in [0.25, 0.3) is 0 Å². The van der Waals surface area contributed by atoms with Gasteiger partial charge in [-0.3, -0.25) is 9.47 Å². The lowest BCUT2D eigenvalue weighted by Crippen LogP contribution is -2.35. The molecule has 188 valence electrons. The number of tetrazole rings is 1. The van der Waals surface area contributed by atoms with Crippen LogP contribution in [0.15, 0.2) is 30.5 Å². The maximum atomic E-state index is 10.9. The quantitative estimate of drug-likeness (QED) is 0.333. The summed E-state index contributed by atoms with van der Waals surface area (Å²) in [7, 11) is 0. The molecule has 1 aromatic carbocycles. The van der Waals surface area contributed by atoms with Gasteiger partial charge in [-0.05, 0) is 60.3 Å². The van der Waals surface area contributed by atoms with Crippen LogP contribution in [0.1, 0.15) is 57.6 Å². The normalized spacial score (nSPS) is 16.7. The molecule has 0 fully saturated rings. The standard InChI is InChI=1S/C23H32N8O4/c1-6-28(7-2)20(21-25-26-27-30(21)23(3,4)5)17-10-8-16(9-11-17)14-34-18-12-29-13-19(31(32)33)24-22(29)35-15-18/h8-11,13,18,20H,6-7,12,14-15H2,1-5H3. The fourth-order valence-electron chi connectivity index (χ4n) is 4.22. The summed E-state index contributed by atoms with van der Waals surface area (Å²) in [6.07, 6.45) is 1.15. The van der Waals surface area contributed by atoms with Crippen LogP contribution in [-0.2, 0) is 23.4 Å². The zero-order valence-corrected chi connectivity index (χ0v) is 20.8. The van der Waals surface area contributed by atoms with E-state index in [1.165, 1.54) is 6.20 Å². The molecule has 0 amide bonds. The van der Waals surface area contributed by atoms with E-state index in [9.17, 15) is 10.1 Å². The van der Waals surface area contributed by atoms with Gasteiger partial charge in [-0.15, -0.1) is 5.10 Å². The van der Waals surface area contributed by atoms with Gasteiger partial charge >= 0.3 is 11.8 Å². The fraction of sp³-hybridized carbons (Fsp3) is 0.565. The van der Waals surface area contributed by atoms with Crippen LogP contribution in [-0.4, -0.2) is 65.4 Å². The van der Waals surface area contributed by atoms with Crippen molar-refractivity contribution in [1.29, 1.82) is 0 Å². The summed E-state index contributed by atoms with van der Waals surface area (Å²) in [6.45, 7) is 13.4. The van der Waals surface area contributed by atoms with Crippen LogP contribution in [0.4, 0.5) is 5.82 Å². The molecule has 0 saturated heterocycles. The van der Waals surface area contributed by atoms with Crippen LogP contribution >= 0.6 is 0 Å². The monoisotopic (exact) mass is 484 g/mol. The number of hydrogen-bond acceptors (Lipinski definition) is 9. The first-order valence-electron chi connectivity index (χ1n) is 11.8. The van der Waals surface area contributed by atoms with Crippen molar-refractivity contribution in [2.75, 3.05) is 19.7 Å². The number of imidazole rings is 1. The highest BCUT2D eigenvalue weighted by Crippen LogP contribution is 2.30. The minimum atomic E-state index is -0.530. The van der Waals surface area contributed by atoms with Crippen molar-refractivity contribution in [3.8, 4) is 6.01 Å². The molecular formula is C23H32N8O4. The molecule has 0 saturated carbocycles. The first kappa shape index (κ1) is 24.7. The molecule has 35 heavy (non-hydrogen) atoms. The van der Waals surface area contributed by atoms with Crippen LogP contribution in [0.5, 0.6) is 6.01 Å². The van der Waals surface area contributed by atoms with E-state index in [1.807, 2.05) is 16.8 Å². The number of nitrogens with zero attached hydrogens (tertiary/aromatic N) is 8. The van der Waals surface area contributed by atoms with E-state index in [0.717, 1.165) is 30.0 Å². The average molecular weight is 485 g/mol. The lowest BCUT2D eigenvalue weighted by atomic mass is 10.0. The van der Waals surface area contributed by atoms with Gasteiger partial charge in [0.1, 0.15) is 18.9 Å². The van der Waals surface area contributed by atoms with E-state index in [-0.39, 0.29) is 29.5 Å². The van der Waals surface area contributed by atoms with Crippen molar-refractivity contribution in [3.05, 3.63) is 57.5 Å². The second kappa shape index (κ2) is 10.1. The SMILES string of the molecule is CCN(CC)C(c1ccc(COC2COc3nc([N+](=O)[O-])cn3C2)cc1)c1nnnn1C(C)(C)C. The van der Waals surface area contributed by atoms with Gasteiger partial charge in [-0.1, -0.05) is 38.1 Å².